The number of hydrogen-bond acceptors (Lipinski definition) is 2. The van der Waals surface area contributed by atoms with Crippen molar-refractivity contribution in [1.29, 1.82) is 0 Å². The molecule has 0 radical (unpaired) electrons. The van der Waals surface area contributed by atoms with Crippen LogP contribution in [-0.2, 0) is 0 Å². The summed E-state index contributed by atoms with van der Waals surface area (Å²) in [6.45, 7) is 7.79. The van der Waals surface area contributed by atoms with Crippen LogP contribution in [0.4, 0.5) is 0 Å². The number of rotatable bonds is 7. The molecule has 118 valence electrons. The standard InChI is InChI=1S/C19H31NO/c1-4-12-20-15(3)17-9-7-11-19(14-17)21-18-10-6-8-16(5-2)13-18/h7,9,11,14-16,18,20H,4-6,8,10,12-13H2,1-3H3. The minimum atomic E-state index is 0.392. The molecule has 1 aliphatic carbocycles. The quantitative estimate of drug-likeness (QED) is 0.754. The Hall–Kier alpha value is -1.02. The van der Waals surface area contributed by atoms with Crippen LogP contribution in [0.5, 0.6) is 5.75 Å². The maximum Gasteiger partial charge on any atom is 0.120 e. The van der Waals surface area contributed by atoms with Gasteiger partial charge in [0.1, 0.15) is 5.75 Å². The molecule has 1 aromatic rings. The monoisotopic (exact) mass is 289 g/mol. The summed E-state index contributed by atoms with van der Waals surface area (Å²) in [4.78, 5) is 0. The largest absolute Gasteiger partial charge is 0.490 e. The fourth-order valence-corrected chi connectivity index (χ4v) is 3.25. The van der Waals surface area contributed by atoms with Crippen molar-refractivity contribution in [3.05, 3.63) is 29.8 Å². The molecule has 21 heavy (non-hydrogen) atoms. The maximum absolute atomic E-state index is 6.25. The van der Waals surface area contributed by atoms with E-state index in [1.54, 1.807) is 0 Å². The molecule has 2 nitrogen and oxygen atoms in total. The lowest BCUT2D eigenvalue weighted by atomic mass is 9.85. The first kappa shape index (κ1) is 16.4. The summed E-state index contributed by atoms with van der Waals surface area (Å²) in [5.41, 5.74) is 1.32. The second-order valence-electron chi connectivity index (χ2n) is 6.43. The van der Waals surface area contributed by atoms with Gasteiger partial charge in [0, 0.05) is 6.04 Å². The molecule has 0 aliphatic heterocycles. The molecule has 1 aromatic carbocycles. The molecule has 0 bridgehead atoms. The van der Waals surface area contributed by atoms with Crippen LogP contribution in [0.2, 0.25) is 0 Å². The second-order valence-corrected chi connectivity index (χ2v) is 6.43. The zero-order valence-corrected chi connectivity index (χ0v) is 13.9. The lowest BCUT2D eigenvalue weighted by Gasteiger charge is -2.29. The molecule has 3 unspecified atom stereocenters. The van der Waals surface area contributed by atoms with Crippen LogP contribution < -0.4 is 10.1 Å². The van der Waals surface area contributed by atoms with Gasteiger partial charge in [0.25, 0.3) is 0 Å². The molecule has 1 aliphatic rings. The van der Waals surface area contributed by atoms with E-state index in [2.05, 4.69) is 50.4 Å². The molecule has 1 saturated carbocycles. The average Bonchev–Trinajstić information content (AvgIpc) is 2.53. The molecule has 2 heteroatoms. The summed E-state index contributed by atoms with van der Waals surface area (Å²) >= 11 is 0. The summed E-state index contributed by atoms with van der Waals surface area (Å²) in [5, 5.41) is 3.54. The smallest absolute Gasteiger partial charge is 0.120 e. The third-order valence-electron chi connectivity index (χ3n) is 4.67. The van der Waals surface area contributed by atoms with Crippen molar-refractivity contribution in [2.45, 2.75) is 71.4 Å². The molecule has 0 spiro atoms. The van der Waals surface area contributed by atoms with Crippen molar-refractivity contribution in [2.75, 3.05) is 6.54 Å². The molecule has 0 saturated heterocycles. The Morgan fingerprint density at radius 2 is 2.14 bits per heavy atom. The lowest BCUT2D eigenvalue weighted by Crippen LogP contribution is -2.25. The number of benzene rings is 1. The molecule has 2 rings (SSSR count). The van der Waals surface area contributed by atoms with Crippen molar-refractivity contribution in [3.8, 4) is 5.75 Å². The van der Waals surface area contributed by atoms with Gasteiger partial charge in [0.15, 0.2) is 0 Å². The first-order valence-electron chi connectivity index (χ1n) is 8.72. The van der Waals surface area contributed by atoms with Gasteiger partial charge in [-0.25, -0.2) is 0 Å². The maximum atomic E-state index is 6.25. The van der Waals surface area contributed by atoms with E-state index in [4.69, 9.17) is 4.74 Å². The number of nitrogens with one attached hydrogen (secondary N) is 1. The average molecular weight is 289 g/mol. The first-order valence-corrected chi connectivity index (χ1v) is 8.72. The molecule has 0 aromatic heterocycles. The minimum absolute atomic E-state index is 0.392. The highest BCUT2D eigenvalue weighted by molar-refractivity contribution is 5.30. The van der Waals surface area contributed by atoms with Crippen LogP contribution in [0.1, 0.15) is 70.9 Å². The van der Waals surface area contributed by atoms with E-state index in [0.717, 1.165) is 18.2 Å². The molecule has 1 fully saturated rings. The second kappa shape index (κ2) is 8.43. The van der Waals surface area contributed by atoms with Gasteiger partial charge in [-0.15, -0.1) is 0 Å². The highest BCUT2D eigenvalue weighted by atomic mass is 16.5. The van der Waals surface area contributed by atoms with Crippen molar-refractivity contribution in [1.82, 2.24) is 5.32 Å². The van der Waals surface area contributed by atoms with Gasteiger partial charge in [0.2, 0.25) is 0 Å². The minimum Gasteiger partial charge on any atom is -0.490 e. The summed E-state index contributed by atoms with van der Waals surface area (Å²) in [5.74, 6) is 1.90. The van der Waals surface area contributed by atoms with E-state index >= 15 is 0 Å². The molecule has 0 amide bonds. The SMILES string of the molecule is CCCNC(C)c1cccc(OC2CCCC(CC)C2)c1. The van der Waals surface area contributed by atoms with Crippen molar-refractivity contribution in [2.24, 2.45) is 5.92 Å². The third kappa shape index (κ3) is 5.03. The molecular formula is C19H31NO. The topological polar surface area (TPSA) is 21.3 Å². The predicted molar refractivity (Wildman–Crippen MR) is 89.8 cm³/mol. The zero-order valence-electron chi connectivity index (χ0n) is 13.9. The van der Waals surface area contributed by atoms with Gasteiger partial charge in [-0.1, -0.05) is 38.8 Å². The fraction of sp³-hybridized carbons (Fsp3) is 0.684. The van der Waals surface area contributed by atoms with Gasteiger partial charge >= 0.3 is 0 Å². The Morgan fingerprint density at radius 3 is 2.90 bits per heavy atom. The summed E-state index contributed by atoms with van der Waals surface area (Å²) in [6.07, 6.45) is 8.01. The van der Waals surface area contributed by atoms with E-state index in [0.29, 0.717) is 12.1 Å². The van der Waals surface area contributed by atoms with E-state index in [-0.39, 0.29) is 0 Å². The van der Waals surface area contributed by atoms with Gasteiger partial charge in [-0.05, 0) is 62.8 Å². The fourth-order valence-electron chi connectivity index (χ4n) is 3.25. The predicted octanol–water partition coefficient (Wildman–Crippen LogP) is 5.09. The molecule has 1 N–H and O–H groups in total. The Labute approximate surface area is 130 Å². The van der Waals surface area contributed by atoms with Crippen molar-refractivity contribution < 1.29 is 4.74 Å². The van der Waals surface area contributed by atoms with Crippen LogP contribution in [0.25, 0.3) is 0 Å². The number of ether oxygens (including phenoxy) is 1. The number of hydrogen-bond donors (Lipinski definition) is 1. The van der Waals surface area contributed by atoms with Gasteiger partial charge < -0.3 is 10.1 Å². The van der Waals surface area contributed by atoms with Gasteiger partial charge in [-0.3, -0.25) is 0 Å². The van der Waals surface area contributed by atoms with Gasteiger partial charge in [-0.2, -0.15) is 0 Å². The molecule has 3 atom stereocenters. The summed E-state index contributed by atoms with van der Waals surface area (Å²) in [7, 11) is 0. The van der Waals surface area contributed by atoms with E-state index in [1.807, 2.05) is 0 Å². The molecule has 0 heterocycles. The van der Waals surface area contributed by atoms with Gasteiger partial charge in [0.05, 0.1) is 6.10 Å². The lowest BCUT2D eigenvalue weighted by molar-refractivity contribution is 0.122. The van der Waals surface area contributed by atoms with E-state index in [9.17, 15) is 0 Å². The van der Waals surface area contributed by atoms with Crippen LogP contribution in [0.3, 0.4) is 0 Å². The highest BCUT2D eigenvalue weighted by Crippen LogP contribution is 2.30. The summed E-state index contributed by atoms with van der Waals surface area (Å²) in [6, 6.07) is 9.02. The third-order valence-corrected chi connectivity index (χ3v) is 4.67. The van der Waals surface area contributed by atoms with Crippen LogP contribution >= 0.6 is 0 Å². The Balaban J connectivity index is 1.94. The van der Waals surface area contributed by atoms with Crippen LogP contribution in [0, 0.1) is 5.92 Å². The highest BCUT2D eigenvalue weighted by Gasteiger charge is 2.22. The Bertz CT molecular complexity index is 418. The van der Waals surface area contributed by atoms with Crippen LogP contribution in [0.15, 0.2) is 24.3 Å². The van der Waals surface area contributed by atoms with E-state index in [1.165, 1.54) is 44.1 Å². The Morgan fingerprint density at radius 1 is 1.29 bits per heavy atom. The first-order chi connectivity index (χ1) is 10.2. The normalized spacial score (nSPS) is 23.8. The van der Waals surface area contributed by atoms with E-state index < -0.39 is 0 Å². The summed E-state index contributed by atoms with van der Waals surface area (Å²) < 4.78 is 6.25. The van der Waals surface area contributed by atoms with Crippen molar-refractivity contribution in [3.63, 3.8) is 0 Å². The molecular weight excluding hydrogens is 258 g/mol. The van der Waals surface area contributed by atoms with Crippen LogP contribution in [-0.4, -0.2) is 12.6 Å². The van der Waals surface area contributed by atoms with Crippen molar-refractivity contribution >= 4 is 0 Å². The Kier molecular flexibility index (Phi) is 6.56. The zero-order chi connectivity index (χ0) is 15.1.